The van der Waals surface area contributed by atoms with Gasteiger partial charge >= 0.3 is 0 Å². The van der Waals surface area contributed by atoms with Crippen LogP contribution in [0.25, 0.3) is 10.9 Å². The van der Waals surface area contributed by atoms with Crippen LogP contribution in [0.5, 0.6) is 0 Å². The first-order valence-electron chi connectivity index (χ1n) is 12.4. The second kappa shape index (κ2) is 8.77. The van der Waals surface area contributed by atoms with Crippen molar-refractivity contribution in [2.24, 2.45) is 23.2 Å². The number of benzene rings is 1. The molecule has 32 heavy (non-hydrogen) atoms. The van der Waals surface area contributed by atoms with E-state index in [1.165, 1.54) is 38.5 Å². The molecule has 5 nitrogen and oxygen atoms in total. The number of unbranched alkanes of at least 4 members (excludes halogenated alkanes) is 2. The Balaban J connectivity index is 1.09. The molecule has 0 radical (unpaired) electrons. The number of rotatable bonds is 8. The molecular weight excluding hydrogens is 418 g/mol. The summed E-state index contributed by atoms with van der Waals surface area (Å²) in [6, 6.07) is 7.76. The quantitative estimate of drug-likeness (QED) is 0.419. The number of fused-ring (bicyclic) bond motifs is 1. The molecule has 4 aliphatic carbocycles. The van der Waals surface area contributed by atoms with Gasteiger partial charge in [-0.05, 0) is 106 Å². The third-order valence-corrected chi connectivity index (χ3v) is 8.88. The summed E-state index contributed by atoms with van der Waals surface area (Å²) >= 11 is 5.39. The second-order valence-electron chi connectivity index (χ2n) is 10.8. The van der Waals surface area contributed by atoms with E-state index in [0.29, 0.717) is 28.5 Å². The summed E-state index contributed by atoms with van der Waals surface area (Å²) < 4.78 is 2.11. The Labute approximate surface area is 195 Å². The van der Waals surface area contributed by atoms with Gasteiger partial charge in [-0.15, -0.1) is 0 Å². The minimum atomic E-state index is -0.0357. The maximum atomic E-state index is 12.7. The lowest BCUT2D eigenvalue weighted by Crippen LogP contribution is -2.55. The summed E-state index contributed by atoms with van der Waals surface area (Å²) in [6.07, 6.45) is 11.4. The number of aromatic amines is 1. The second-order valence-corrected chi connectivity index (χ2v) is 11.2. The number of carbonyl (C=O) groups excluding carboxylic acids is 1. The highest BCUT2D eigenvalue weighted by atomic mass is 32.1. The van der Waals surface area contributed by atoms with Crippen molar-refractivity contribution in [2.45, 2.75) is 83.7 Å². The van der Waals surface area contributed by atoms with Gasteiger partial charge in [-0.25, -0.2) is 0 Å². The lowest BCUT2D eigenvalue weighted by molar-refractivity contribution is -0.126. The van der Waals surface area contributed by atoms with Crippen LogP contribution >= 0.6 is 12.2 Å². The van der Waals surface area contributed by atoms with Crippen molar-refractivity contribution in [2.75, 3.05) is 0 Å². The third-order valence-electron chi connectivity index (χ3n) is 8.56. The van der Waals surface area contributed by atoms with E-state index in [-0.39, 0.29) is 17.5 Å². The highest BCUT2D eigenvalue weighted by Crippen LogP contribution is 2.61. The van der Waals surface area contributed by atoms with Crippen LogP contribution in [-0.2, 0) is 11.3 Å². The zero-order valence-corrected chi connectivity index (χ0v) is 19.9. The van der Waals surface area contributed by atoms with Crippen molar-refractivity contribution < 1.29 is 4.79 Å². The molecule has 4 bridgehead atoms. The molecule has 2 aromatic rings. The van der Waals surface area contributed by atoms with E-state index < -0.39 is 0 Å². The molecule has 0 spiro atoms. The van der Waals surface area contributed by atoms with Crippen LogP contribution in [-0.4, -0.2) is 21.5 Å². The SMILES string of the molecule is CC(NC(=O)CCCCCn1c(=S)[nH]c2ccccc2c1=O)C12CC3CC(CC(C3)C1)C2. The van der Waals surface area contributed by atoms with E-state index in [2.05, 4.69) is 17.2 Å². The van der Waals surface area contributed by atoms with Crippen LogP contribution in [0.15, 0.2) is 29.1 Å². The standard InChI is InChI=1S/C26H35N3O2S/c1-17(26-14-18-11-19(15-26)13-20(12-18)16-26)27-23(30)9-3-2-6-10-29-24(31)21-7-4-5-8-22(21)28-25(29)32/h4-5,7-8,17-20H,2-3,6,9-16H2,1H3,(H,27,30)(H,28,32). The van der Waals surface area contributed by atoms with Crippen molar-refractivity contribution in [3.8, 4) is 0 Å². The predicted molar refractivity (Wildman–Crippen MR) is 130 cm³/mol. The van der Waals surface area contributed by atoms with E-state index in [1.807, 2.05) is 24.3 Å². The number of carbonyl (C=O) groups is 1. The maximum absolute atomic E-state index is 12.7. The van der Waals surface area contributed by atoms with Crippen LogP contribution < -0.4 is 10.9 Å². The average Bonchev–Trinajstić information content (AvgIpc) is 2.74. The smallest absolute Gasteiger partial charge is 0.262 e. The first-order chi connectivity index (χ1) is 15.4. The summed E-state index contributed by atoms with van der Waals surface area (Å²) in [7, 11) is 0. The predicted octanol–water partition coefficient (Wildman–Crippen LogP) is 5.34. The molecule has 172 valence electrons. The Hall–Kier alpha value is -1.95. The lowest BCUT2D eigenvalue weighted by Gasteiger charge is -2.59. The molecule has 2 N–H and O–H groups in total. The largest absolute Gasteiger partial charge is 0.353 e. The molecule has 1 heterocycles. The number of amides is 1. The third kappa shape index (κ3) is 4.18. The molecule has 1 amide bonds. The van der Waals surface area contributed by atoms with Crippen LogP contribution in [0.2, 0.25) is 0 Å². The Kier molecular flexibility index (Phi) is 5.99. The molecular formula is C26H35N3O2S. The zero-order valence-electron chi connectivity index (χ0n) is 19.1. The topological polar surface area (TPSA) is 66.9 Å². The maximum Gasteiger partial charge on any atom is 0.262 e. The molecule has 0 saturated heterocycles. The van der Waals surface area contributed by atoms with Crippen molar-refractivity contribution in [3.63, 3.8) is 0 Å². The van der Waals surface area contributed by atoms with Gasteiger partial charge in [0.2, 0.25) is 5.91 Å². The molecule has 1 aromatic heterocycles. The molecule has 0 aliphatic heterocycles. The molecule has 1 atom stereocenters. The molecule has 4 saturated carbocycles. The molecule has 6 heteroatoms. The van der Waals surface area contributed by atoms with Crippen LogP contribution in [0.1, 0.15) is 71.1 Å². The minimum Gasteiger partial charge on any atom is -0.353 e. The van der Waals surface area contributed by atoms with E-state index in [9.17, 15) is 9.59 Å². The fourth-order valence-corrected chi connectivity index (χ4v) is 7.59. The van der Waals surface area contributed by atoms with Gasteiger partial charge in [0.15, 0.2) is 4.77 Å². The van der Waals surface area contributed by atoms with Gasteiger partial charge in [0.05, 0.1) is 10.9 Å². The molecule has 4 aliphatic rings. The van der Waals surface area contributed by atoms with Crippen molar-refractivity contribution in [1.82, 2.24) is 14.9 Å². The number of nitrogens with zero attached hydrogens (tertiary/aromatic N) is 1. The lowest BCUT2D eigenvalue weighted by atomic mass is 9.48. The van der Waals surface area contributed by atoms with Crippen LogP contribution in [0.3, 0.4) is 0 Å². The number of H-pyrrole nitrogens is 1. The Morgan fingerprint density at radius 3 is 2.47 bits per heavy atom. The van der Waals surface area contributed by atoms with Gasteiger partial charge in [-0.2, -0.15) is 0 Å². The summed E-state index contributed by atoms with van der Waals surface area (Å²) in [6.45, 7) is 2.84. The van der Waals surface area contributed by atoms with Gasteiger partial charge in [0.1, 0.15) is 0 Å². The fraction of sp³-hybridized carbons (Fsp3) is 0.654. The first kappa shape index (κ1) is 21.9. The molecule has 4 fully saturated rings. The van der Waals surface area contributed by atoms with Gasteiger partial charge in [-0.1, -0.05) is 18.6 Å². The normalized spacial score (nSPS) is 29.3. The Morgan fingerprint density at radius 1 is 1.12 bits per heavy atom. The van der Waals surface area contributed by atoms with Crippen LogP contribution in [0.4, 0.5) is 0 Å². The van der Waals surface area contributed by atoms with Crippen LogP contribution in [0, 0.1) is 27.9 Å². The Morgan fingerprint density at radius 2 is 1.78 bits per heavy atom. The number of para-hydroxylation sites is 1. The van der Waals surface area contributed by atoms with E-state index >= 15 is 0 Å². The number of aromatic nitrogens is 2. The van der Waals surface area contributed by atoms with Crippen molar-refractivity contribution in [1.29, 1.82) is 0 Å². The van der Waals surface area contributed by atoms with E-state index in [1.54, 1.807) is 4.57 Å². The summed E-state index contributed by atoms with van der Waals surface area (Å²) in [4.78, 5) is 28.5. The number of hydrogen-bond donors (Lipinski definition) is 2. The highest BCUT2D eigenvalue weighted by molar-refractivity contribution is 7.71. The number of nitrogens with one attached hydrogen (secondary N) is 2. The average molecular weight is 454 g/mol. The van der Waals surface area contributed by atoms with Crippen molar-refractivity contribution >= 4 is 29.0 Å². The fourth-order valence-electron chi connectivity index (χ4n) is 7.31. The number of hydrogen-bond acceptors (Lipinski definition) is 3. The summed E-state index contributed by atoms with van der Waals surface area (Å²) in [5.41, 5.74) is 1.10. The minimum absolute atomic E-state index is 0.0357. The first-order valence-corrected chi connectivity index (χ1v) is 12.9. The van der Waals surface area contributed by atoms with Gasteiger partial charge in [-0.3, -0.25) is 14.2 Å². The molecule has 1 aromatic carbocycles. The molecule has 1 unspecified atom stereocenters. The van der Waals surface area contributed by atoms with Gasteiger partial charge in [0, 0.05) is 19.0 Å². The summed E-state index contributed by atoms with van der Waals surface area (Å²) in [5, 5.41) is 4.03. The van der Waals surface area contributed by atoms with Gasteiger partial charge < -0.3 is 10.3 Å². The summed E-state index contributed by atoms with van der Waals surface area (Å²) in [5.74, 6) is 2.91. The monoisotopic (exact) mass is 453 g/mol. The van der Waals surface area contributed by atoms with Crippen molar-refractivity contribution in [3.05, 3.63) is 39.4 Å². The zero-order chi connectivity index (χ0) is 22.3. The van der Waals surface area contributed by atoms with E-state index in [4.69, 9.17) is 12.2 Å². The highest BCUT2D eigenvalue weighted by Gasteiger charge is 2.53. The van der Waals surface area contributed by atoms with E-state index in [0.717, 1.165) is 42.5 Å². The van der Waals surface area contributed by atoms with Gasteiger partial charge in [0.25, 0.3) is 5.56 Å². The Bertz CT molecular complexity index is 1080. The molecule has 6 rings (SSSR count).